The van der Waals surface area contributed by atoms with Crippen molar-refractivity contribution >= 4 is 38.3 Å². The molecule has 0 N–H and O–H groups in total. The van der Waals surface area contributed by atoms with Crippen molar-refractivity contribution in [2.45, 2.75) is 0 Å². The summed E-state index contributed by atoms with van der Waals surface area (Å²) in [5.41, 5.74) is 1.83. The first-order valence-electron chi connectivity index (χ1n) is 6.96. The molecular formula is C17H11BrN4OS. The van der Waals surface area contributed by atoms with Gasteiger partial charge in [0.15, 0.2) is 0 Å². The summed E-state index contributed by atoms with van der Waals surface area (Å²) in [4.78, 5) is 14.0. The van der Waals surface area contributed by atoms with Gasteiger partial charge in [0, 0.05) is 22.6 Å². The quantitative estimate of drug-likeness (QED) is 0.665. The standard InChI is InChI=1S/C17H11BrN4OS/c1-22(16(23)13-4-2-3-11(9-13)10-19)17-21-20-15(24-17)12-5-7-14(18)8-6-12/h2-9H,1H3. The maximum Gasteiger partial charge on any atom is 0.259 e. The lowest BCUT2D eigenvalue weighted by atomic mass is 10.1. The lowest BCUT2D eigenvalue weighted by Crippen LogP contribution is -2.26. The van der Waals surface area contributed by atoms with Crippen LogP contribution < -0.4 is 4.90 Å². The third-order valence-electron chi connectivity index (χ3n) is 3.34. The number of hydrogen-bond donors (Lipinski definition) is 0. The summed E-state index contributed by atoms with van der Waals surface area (Å²) in [7, 11) is 1.65. The van der Waals surface area contributed by atoms with Crippen molar-refractivity contribution in [3.8, 4) is 16.6 Å². The molecule has 0 fully saturated rings. The number of anilines is 1. The van der Waals surface area contributed by atoms with Gasteiger partial charge in [0.2, 0.25) is 5.13 Å². The molecule has 24 heavy (non-hydrogen) atoms. The van der Waals surface area contributed by atoms with Crippen LogP contribution in [-0.4, -0.2) is 23.2 Å². The van der Waals surface area contributed by atoms with Crippen LogP contribution in [-0.2, 0) is 0 Å². The van der Waals surface area contributed by atoms with E-state index >= 15 is 0 Å². The Morgan fingerprint density at radius 2 is 1.96 bits per heavy atom. The van der Waals surface area contributed by atoms with Crippen LogP contribution in [0.15, 0.2) is 53.0 Å². The molecule has 1 amide bonds. The van der Waals surface area contributed by atoms with Crippen LogP contribution in [0.1, 0.15) is 15.9 Å². The molecule has 0 aliphatic rings. The number of benzene rings is 2. The fourth-order valence-electron chi connectivity index (χ4n) is 2.06. The second-order valence-electron chi connectivity index (χ2n) is 4.95. The maximum atomic E-state index is 12.6. The first-order valence-corrected chi connectivity index (χ1v) is 8.57. The van der Waals surface area contributed by atoms with Crippen molar-refractivity contribution in [3.63, 3.8) is 0 Å². The lowest BCUT2D eigenvalue weighted by molar-refractivity contribution is 0.0993. The van der Waals surface area contributed by atoms with E-state index in [4.69, 9.17) is 5.26 Å². The van der Waals surface area contributed by atoms with Gasteiger partial charge in [0.1, 0.15) is 5.01 Å². The molecule has 5 nitrogen and oxygen atoms in total. The van der Waals surface area contributed by atoms with E-state index in [1.165, 1.54) is 16.2 Å². The molecular weight excluding hydrogens is 388 g/mol. The normalized spacial score (nSPS) is 10.2. The van der Waals surface area contributed by atoms with E-state index in [2.05, 4.69) is 26.1 Å². The van der Waals surface area contributed by atoms with Crippen LogP contribution in [0.4, 0.5) is 5.13 Å². The summed E-state index contributed by atoms with van der Waals surface area (Å²) in [6, 6.07) is 16.4. The highest BCUT2D eigenvalue weighted by Crippen LogP contribution is 2.29. The highest BCUT2D eigenvalue weighted by atomic mass is 79.9. The van der Waals surface area contributed by atoms with Gasteiger partial charge in [-0.3, -0.25) is 9.69 Å². The topological polar surface area (TPSA) is 69.9 Å². The van der Waals surface area contributed by atoms with E-state index in [0.29, 0.717) is 16.3 Å². The number of carbonyl (C=O) groups excluding carboxylic acids is 1. The fourth-order valence-corrected chi connectivity index (χ4v) is 3.14. The number of hydrogen-bond acceptors (Lipinski definition) is 5. The Morgan fingerprint density at radius 3 is 2.67 bits per heavy atom. The second kappa shape index (κ2) is 6.91. The average Bonchev–Trinajstić information content (AvgIpc) is 3.11. The minimum Gasteiger partial charge on any atom is -0.286 e. The largest absolute Gasteiger partial charge is 0.286 e. The summed E-state index contributed by atoms with van der Waals surface area (Å²) in [5, 5.41) is 18.4. The number of rotatable bonds is 3. The average molecular weight is 399 g/mol. The predicted octanol–water partition coefficient (Wildman–Crippen LogP) is 4.12. The first-order chi connectivity index (χ1) is 11.6. The molecule has 1 heterocycles. The third kappa shape index (κ3) is 3.35. The summed E-state index contributed by atoms with van der Waals surface area (Å²) >= 11 is 4.73. The van der Waals surface area contributed by atoms with Gasteiger partial charge >= 0.3 is 0 Å². The van der Waals surface area contributed by atoms with E-state index < -0.39 is 0 Å². The molecule has 0 saturated heterocycles. The SMILES string of the molecule is CN(C(=O)c1cccc(C#N)c1)c1nnc(-c2ccc(Br)cc2)s1. The number of nitriles is 1. The Bertz CT molecular complexity index is 930. The number of halogens is 1. The molecule has 2 aromatic carbocycles. The lowest BCUT2D eigenvalue weighted by Gasteiger charge is -2.12. The van der Waals surface area contributed by atoms with Gasteiger partial charge in [0.05, 0.1) is 11.6 Å². The van der Waals surface area contributed by atoms with E-state index in [-0.39, 0.29) is 5.91 Å². The molecule has 118 valence electrons. The van der Waals surface area contributed by atoms with Gasteiger partial charge < -0.3 is 0 Å². The molecule has 0 aliphatic carbocycles. The van der Waals surface area contributed by atoms with E-state index in [0.717, 1.165) is 15.0 Å². The van der Waals surface area contributed by atoms with Crippen molar-refractivity contribution in [1.29, 1.82) is 5.26 Å². The van der Waals surface area contributed by atoms with Gasteiger partial charge in [-0.1, -0.05) is 45.5 Å². The Morgan fingerprint density at radius 1 is 1.21 bits per heavy atom. The molecule has 7 heteroatoms. The van der Waals surface area contributed by atoms with Crippen molar-refractivity contribution in [2.24, 2.45) is 0 Å². The summed E-state index contributed by atoms with van der Waals surface area (Å²) in [5.74, 6) is -0.231. The Balaban J connectivity index is 1.85. The zero-order valence-electron chi connectivity index (χ0n) is 12.6. The summed E-state index contributed by atoms with van der Waals surface area (Å²) < 4.78 is 0.987. The van der Waals surface area contributed by atoms with Gasteiger partial charge in [0.25, 0.3) is 5.91 Å². The van der Waals surface area contributed by atoms with Crippen molar-refractivity contribution < 1.29 is 4.79 Å². The molecule has 3 rings (SSSR count). The van der Waals surface area contributed by atoms with Crippen molar-refractivity contribution in [2.75, 3.05) is 11.9 Å². The molecule has 0 aliphatic heterocycles. The molecule has 0 unspecified atom stereocenters. The molecule has 0 saturated carbocycles. The zero-order chi connectivity index (χ0) is 17.1. The predicted molar refractivity (Wildman–Crippen MR) is 96.9 cm³/mol. The summed E-state index contributed by atoms with van der Waals surface area (Å²) in [6.45, 7) is 0. The smallest absolute Gasteiger partial charge is 0.259 e. The second-order valence-corrected chi connectivity index (χ2v) is 6.83. The van der Waals surface area contributed by atoms with E-state index in [9.17, 15) is 4.79 Å². The third-order valence-corrected chi connectivity index (χ3v) is 4.91. The fraction of sp³-hybridized carbons (Fsp3) is 0.0588. The monoisotopic (exact) mass is 398 g/mol. The minimum absolute atomic E-state index is 0.231. The molecule has 0 bridgehead atoms. The van der Waals surface area contributed by atoms with E-state index in [1.807, 2.05) is 30.3 Å². The van der Waals surface area contributed by atoms with Crippen LogP contribution in [0.25, 0.3) is 10.6 Å². The number of nitrogens with zero attached hydrogens (tertiary/aromatic N) is 4. The Kier molecular flexibility index (Phi) is 4.69. The minimum atomic E-state index is -0.231. The summed E-state index contributed by atoms with van der Waals surface area (Å²) in [6.07, 6.45) is 0. The van der Waals surface area contributed by atoms with E-state index in [1.54, 1.807) is 31.3 Å². The highest BCUT2D eigenvalue weighted by Gasteiger charge is 2.18. The highest BCUT2D eigenvalue weighted by molar-refractivity contribution is 9.10. The molecule has 1 aromatic heterocycles. The van der Waals surface area contributed by atoms with Crippen molar-refractivity contribution in [1.82, 2.24) is 10.2 Å². The van der Waals surface area contributed by atoms with Crippen molar-refractivity contribution in [3.05, 3.63) is 64.1 Å². The van der Waals surface area contributed by atoms with Crippen LogP contribution >= 0.6 is 27.3 Å². The van der Waals surface area contributed by atoms with Crippen LogP contribution in [0, 0.1) is 11.3 Å². The first kappa shape index (κ1) is 16.3. The Labute approximate surface area is 151 Å². The van der Waals surface area contributed by atoms with Crippen LogP contribution in [0.3, 0.4) is 0 Å². The Hall–Kier alpha value is -2.56. The van der Waals surface area contributed by atoms with Crippen LogP contribution in [0.2, 0.25) is 0 Å². The molecule has 0 atom stereocenters. The number of amides is 1. The van der Waals surface area contributed by atoms with Gasteiger partial charge in [-0.15, -0.1) is 10.2 Å². The van der Waals surface area contributed by atoms with Gasteiger partial charge in [-0.2, -0.15) is 5.26 Å². The number of carbonyl (C=O) groups is 1. The molecule has 3 aromatic rings. The van der Waals surface area contributed by atoms with Crippen LogP contribution in [0.5, 0.6) is 0 Å². The molecule has 0 spiro atoms. The van der Waals surface area contributed by atoms with Gasteiger partial charge in [-0.25, -0.2) is 0 Å². The zero-order valence-corrected chi connectivity index (χ0v) is 15.0. The molecule has 0 radical (unpaired) electrons. The van der Waals surface area contributed by atoms with Gasteiger partial charge in [-0.05, 0) is 30.3 Å². The number of aromatic nitrogens is 2. The maximum absolute atomic E-state index is 12.6.